The van der Waals surface area contributed by atoms with Crippen molar-refractivity contribution in [1.82, 2.24) is 4.98 Å². The van der Waals surface area contributed by atoms with Gasteiger partial charge in [-0.1, -0.05) is 0 Å². The summed E-state index contributed by atoms with van der Waals surface area (Å²) in [5, 5.41) is 3.28. The Kier molecular flexibility index (Phi) is 2.65. The van der Waals surface area contributed by atoms with Crippen LogP contribution in [0.15, 0.2) is 18.3 Å². The van der Waals surface area contributed by atoms with Crippen molar-refractivity contribution < 1.29 is 4.74 Å². The van der Waals surface area contributed by atoms with Gasteiger partial charge < -0.3 is 15.8 Å². The summed E-state index contributed by atoms with van der Waals surface area (Å²) in [5.74, 6) is 0.883. The number of hydrogen-bond acceptors (Lipinski definition) is 4. The van der Waals surface area contributed by atoms with Crippen LogP contribution in [0.1, 0.15) is 18.5 Å². The first-order chi connectivity index (χ1) is 6.75. The number of hydrogen-bond donors (Lipinski definition) is 2. The van der Waals surface area contributed by atoms with Crippen molar-refractivity contribution in [2.75, 3.05) is 18.5 Å². The molecule has 3 N–H and O–H groups in total. The zero-order valence-corrected chi connectivity index (χ0v) is 8.23. The highest BCUT2D eigenvalue weighted by Crippen LogP contribution is 2.15. The maximum atomic E-state index is 5.78. The number of nitrogens with one attached hydrogen (secondary N) is 1. The van der Waals surface area contributed by atoms with Crippen LogP contribution in [-0.2, 0) is 4.74 Å². The second-order valence-corrected chi connectivity index (χ2v) is 3.64. The minimum atomic E-state index is 0.0520. The molecule has 1 aromatic rings. The van der Waals surface area contributed by atoms with Crippen molar-refractivity contribution >= 4 is 5.82 Å². The van der Waals surface area contributed by atoms with Crippen LogP contribution in [0, 0.1) is 0 Å². The third-order valence-electron chi connectivity index (χ3n) is 2.30. The topological polar surface area (TPSA) is 60.2 Å². The molecule has 14 heavy (non-hydrogen) atoms. The van der Waals surface area contributed by atoms with Gasteiger partial charge in [0.2, 0.25) is 0 Å². The molecule has 0 spiro atoms. The Hall–Kier alpha value is -1.13. The number of nitrogens with zero attached hydrogens (tertiary/aromatic N) is 1. The molecule has 0 bridgehead atoms. The van der Waals surface area contributed by atoms with Crippen molar-refractivity contribution in [3.63, 3.8) is 0 Å². The molecule has 0 radical (unpaired) electrons. The van der Waals surface area contributed by atoms with Crippen LogP contribution in [0.25, 0.3) is 0 Å². The van der Waals surface area contributed by atoms with E-state index in [-0.39, 0.29) is 6.04 Å². The molecule has 1 atom stereocenters. The van der Waals surface area contributed by atoms with Gasteiger partial charge in [0.05, 0.1) is 19.3 Å². The van der Waals surface area contributed by atoms with Gasteiger partial charge in [-0.05, 0) is 24.6 Å². The lowest BCUT2D eigenvalue weighted by Crippen LogP contribution is -2.40. The Labute approximate surface area is 83.5 Å². The summed E-state index contributed by atoms with van der Waals surface area (Å²) >= 11 is 0. The van der Waals surface area contributed by atoms with Crippen molar-refractivity contribution in [2.24, 2.45) is 5.73 Å². The second-order valence-electron chi connectivity index (χ2n) is 3.64. The lowest BCUT2D eigenvalue weighted by atomic mass is 10.1. The van der Waals surface area contributed by atoms with Crippen molar-refractivity contribution in [3.8, 4) is 0 Å². The van der Waals surface area contributed by atoms with E-state index in [2.05, 4.69) is 10.3 Å². The van der Waals surface area contributed by atoms with E-state index in [9.17, 15) is 0 Å². The monoisotopic (exact) mass is 193 g/mol. The van der Waals surface area contributed by atoms with Crippen LogP contribution in [0.2, 0.25) is 0 Å². The van der Waals surface area contributed by atoms with Gasteiger partial charge >= 0.3 is 0 Å². The van der Waals surface area contributed by atoms with Crippen molar-refractivity contribution in [2.45, 2.75) is 19.0 Å². The molecule has 1 aliphatic heterocycles. The third kappa shape index (κ3) is 2.02. The number of nitrogens with two attached hydrogens (primary N) is 1. The Morgan fingerprint density at radius 1 is 1.64 bits per heavy atom. The molecule has 4 heteroatoms. The molecular formula is C10H15N3O. The summed E-state index contributed by atoms with van der Waals surface area (Å²) in [6.07, 6.45) is 1.78. The summed E-state index contributed by atoms with van der Waals surface area (Å²) in [5.41, 5.74) is 6.88. The van der Waals surface area contributed by atoms with Crippen LogP contribution < -0.4 is 11.1 Å². The molecule has 0 amide bonds. The lowest BCUT2D eigenvalue weighted by molar-refractivity contribution is 0.0209. The summed E-state index contributed by atoms with van der Waals surface area (Å²) < 4.78 is 5.07. The maximum absolute atomic E-state index is 5.78. The first-order valence-electron chi connectivity index (χ1n) is 4.81. The van der Waals surface area contributed by atoms with E-state index < -0.39 is 0 Å². The fourth-order valence-corrected chi connectivity index (χ4v) is 1.34. The summed E-state index contributed by atoms with van der Waals surface area (Å²) in [4.78, 5) is 4.22. The Morgan fingerprint density at radius 3 is 3.00 bits per heavy atom. The lowest BCUT2D eigenvalue weighted by Gasteiger charge is -2.27. The predicted molar refractivity (Wildman–Crippen MR) is 55.1 cm³/mol. The molecule has 0 aromatic carbocycles. The van der Waals surface area contributed by atoms with Crippen LogP contribution in [0.3, 0.4) is 0 Å². The largest absolute Gasteiger partial charge is 0.377 e. The summed E-state index contributed by atoms with van der Waals surface area (Å²) in [6.45, 7) is 3.50. The zero-order valence-electron chi connectivity index (χ0n) is 8.23. The SMILES string of the molecule is CC(N)c1ccnc(NC2COC2)c1. The Morgan fingerprint density at radius 2 is 2.43 bits per heavy atom. The second kappa shape index (κ2) is 3.94. The smallest absolute Gasteiger partial charge is 0.126 e. The number of anilines is 1. The van der Waals surface area contributed by atoms with Gasteiger partial charge in [0.1, 0.15) is 5.82 Å². The quantitative estimate of drug-likeness (QED) is 0.749. The zero-order chi connectivity index (χ0) is 9.97. The molecule has 2 rings (SSSR count). The van der Waals surface area contributed by atoms with Crippen molar-refractivity contribution in [1.29, 1.82) is 0 Å². The highest BCUT2D eigenvalue weighted by Gasteiger charge is 2.18. The number of rotatable bonds is 3. The highest BCUT2D eigenvalue weighted by atomic mass is 16.5. The average molecular weight is 193 g/mol. The third-order valence-corrected chi connectivity index (χ3v) is 2.30. The molecule has 0 saturated carbocycles. The average Bonchev–Trinajstić information content (AvgIpc) is 2.12. The van der Waals surface area contributed by atoms with Crippen LogP contribution in [0.5, 0.6) is 0 Å². The standard InChI is InChI=1S/C10H15N3O/c1-7(11)8-2-3-12-10(4-8)13-9-5-14-6-9/h2-4,7,9H,5-6,11H2,1H3,(H,12,13). The van der Waals surface area contributed by atoms with E-state index in [1.807, 2.05) is 19.1 Å². The first-order valence-corrected chi connectivity index (χ1v) is 4.81. The fourth-order valence-electron chi connectivity index (χ4n) is 1.34. The number of pyridine rings is 1. The van der Waals surface area contributed by atoms with E-state index >= 15 is 0 Å². The van der Waals surface area contributed by atoms with Crippen LogP contribution in [0.4, 0.5) is 5.82 Å². The van der Waals surface area contributed by atoms with Gasteiger partial charge in [-0.25, -0.2) is 4.98 Å². The van der Waals surface area contributed by atoms with Crippen LogP contribution >= 0.6 is 0 Å². The predicted octanol–water partition coefficient (Wildman–Crippen LogP) is 0.912. The summed E-state index contributed by atoms with van der Waals surface area (Å²) in [6, 6.07) is 4.39. The minimum Gasteiger partial charge on any atom is -0.377 e. The summed E-state index contributed by atoms with van der Waals surface area (Å²) in [7, 11) is 0. The Balaban J connectivity index is 2.05. The van der Waals surface area contributed by atoms with Gasteiger partial charge in [0.15, 0.2) is 0 Å². The highest BCUT2D eigenvalue weighted by molar-refractivity contribution is 5.39. The molecule has 2 heterocycles. The van der Waals surface area contributed by atoms with Gasteiger partial charge in [-0.15, -0.1) is 0 Å². The molecular weight excluding hydrogens is 178 g/mol. The van der Waals surface area contributed by atoms with E-state index in [1.54, 1.807) is 6.20 Å². The van der Waals surface area contributed by atoms with E-state index in [0.717, 1.165) is 24.6 Å². The van der Waals surface area contributed by atoms with Gasteiger partial charge in [0.25, 0.3) is 0 Å². The molecule has 1 fully saturated rings. The minimum absolute atomic E-state index is 0.0520. The van der Waals surface area contributed by atoms with E-state index in [1.165, 1.54) is 0 Å². The molecule has 1 unspecified atom stereocenters. The molecule has 1 aliphatic rings. The normalized spacial score (nSPS) is 18.7. The van der Waals surface area contributed by atoms with E-state index in [4.69, 9.17) is 10.5 Å². The van der Waals surface area contributed by atoms with Crippen LogP contribution in [-0.4, -0.2) is 24.2 Å². The molecule has 0 aliphatic carbocycles. The Bertz CT molecular complexity index is 310. The fraction of sp³-hybridized carbons (Fsp3) is 0.500. The molecule has 76 valence electrons. The maximum Gasteiger partial charge on any atom is 0.126 e. The molecule has 1 saturated heterocycles. The van der Waals surface area contributed by atoms with E-state index in [0.29, 0.717) is 6.04 Å². The number of aromatic nitrogens is 1. The first kappa shape index (κ1) is 9.43. The van der Waals surface area contributed by atoms with Gasteiger partial charge in [0, 0.05) is 12.2 Å². The van der Waals surface area contributed by atoms with Crippen molar-refractivity contribution in [3.05, 3.63) is 23.9 Å². The van der Waals surface area contributed by atoms with Gasteiger partial charge in [-0.3, -0.25) is 0 Å². The molecule has 1 aromatic heterocycles. The van der Waals surface area contributed by atoms with Gasteiger partial charge in [-0.2, -0.15) is 0 Å². The molecule has 4 nitrogen and oxygen atoms in total. The number of ether oxygens (including phenoxy) is 1.